The third kappa shape index (κ3) is 4.99. The summed E-state index contributed by atoms with van der Waals surface area (Å²) >= 11 is 0. The van der Waals surface area contributed by atoms with Crippen molar-refractivity contribution in [3.05, 3.63) is 29.3 Å². The van der Waals surface area contributed by atoms with Crippen molar-refractivity contribution in [2.75, 3.05) is 19.8 Å². The van der Waals surface area contributed by atoms with Crippen LogP contribution in [0.5, 0.6) is 5.75 Å². The molecule has 0 saturated heterocycles. The maximum absolute atomic E-state index is 9.83. The Bertz CT molecular complexity index is 436. The Labute approximate surface area is 127 Å². The van der Waals surface area contributed by atoms with E-state index in [9.17, 15) is 5.11 Å². The van der Waals surface area contributed by atoms with Gasteiger partial charge in [-0.05, 0) is 48.9 Å². The summed E-state index contributed by atoms with van der Waals surface area (Å²) in [6.07, 6.45) is 4.81. The number of hydrogen-bond donors (Lipinski definition) is 2. The van der Waals surface area contributed by atoms with E-state index in [0.29, 0.717) is 13.2 Å². The fourth-order valence-electron chi connectivity index (χ4n) is 2.61. The molecule has 0 amide bonds. The zero-order valence-corrected chi connectivity index (χ0v) is 12.9. The number of benzene rings is 1. The van der Waals surface area contributed by atoms with Crippen molar-refractivity contribution in [1.82, 2.24) is 0 Å². The van der Waals surface area contributed by atoms with Gasteiger partial charge in [-0.25, -0.2) is 0 Å². The molecule has 0 bridgehead atoms. The third-order valence-electron chi connectivity index (χ3n) is 3.87. The summed E-state index contributed by atoms with van der Waals surface area (Å²) in [4.78, 5) is 0. The Hall–Kier alpha value is -1.10. The minimum absolute atomic E-state index is 0.111. The van der Waals surface area contributed by atoms with Crippen LogP contribution in [0.15, 0.2) is 18.2 Å². The van der Waals surface area contributed by atoms with E-state index < -0.39 is 6.10 Å². The number of unbranched alkanes of at least 4 members (excludes halogenated alkanes) is 1. The Morgan fingerprint density at radius 2 is 2.24 bits per heavy atom. The highest BCUT2D eigenvalue weighted by Gasteiger charge is 2.17. The van der Waals surface area contributed by atoms with Gasteiger partial charge in [-0.15, -0.1) is 0 Å². The van der Waals surface area contributed by atoms with Gasteiger partial charge < -0.3 is 20.3 Å². The lowest BCUT2D eigenvalue weighted by atomic mass is 9.88. The highest BCUT2D eigenvalue weighted by Crippen LogP contribution is 2.30. The van der Waals surface area contributed by atoms with E-state index in [1.165, 1.54) is 11.1 Å². The SMILES string of the molecule is CCCCOCC(O)COc1ccc2c(c1)[C@H](N)CCC2. The van der Waals surface area contributed by atoms with E-state index >= 15 is 0 Å². The first-order chi connectivity index (χ1) is 10.2. The number of rotatable bonds is 8. The van der Waals surface area contributed by atoms with Gasteiger partial charge in [-0.3, -0.25) is 0 Å². The molecule has 0 aromatic heterocycles. The molecule has 1 unspecified atom stereocenters. The van der Waals surface area contributed by atoms with Crippen LogP contribution >= 0.6 is 0 Å². The number of aliphatic hydroxyl groups is 1. The molecule has 0 fully saturated rings. The molecule has 2 atom stereocenters. The van der Waals surface area contributed by atoms with Gasteiger partial charge in [-0.1, -0.05) is 19.4 Å². The van der Waals surface area contributed by atoms with Gasteiger partial charge in [0.25, 0.3) is 0 Å². The minimum Gasteiger partial charge on any atom is -0.491 e. The number of aryl methyl sites for hydroxylation is 1. The summed E-state index contributed by atoms with van der Waals surface area (Å²) in [6.45, 7) is 3.38. The van der Waals surface area contributed by atoms with E-state index in [0.717, 1.165) is 37.9 Å². The van der Waals surface area contributed by atoms with E-state index in [1.807, 2.05) is 12.1 Å². The highest BCUT2D eigenvalue weighted by molar-refractivity contribution is 5.39. The minimum atomic E-state index is -0.591. The van der Waals surface area contributed by atoms with Crippen LogP contribution in [-0.4, -0.2) is 31.0 Å². The fraction of sp³-hybridized carbons (Fsp3) is 0.647. The fourth-order valence-corrected chi connectivity index (χ4v) is 2.61. The molecule has 2 rings (SSSR count). The van der Waals surface area contributed by atoms with Gasteiger partial charge in [0, 0.05) is 12.6 Å². The molecule has 118 valence electrons. The summed E-state index contributed by atoms with van der Waals surface area (Å²) in [7, 11) is 0. The molecule has 1 aromatic carbocycles. The van der Waals surface area contributed by atoms with Crippen LogP contribution < -0.4 is 10.5 Å². The van der Waals surface area contributed by atoms with Gasteiger partial charge in [0.1, 0.15) is 18.5 Å². The van der Waals surface area contributed by atoms with Crippen LogP contribution in [0.4, 0.5) is 0 Å². The molecular formula is C17H27NO3. The number of nitrogens with two attached hydrogens (primary N) is 1. The molecule has 3 N–H and O–H groups in total. The third-order valence-corrected chi connectivity index (χ3v) is 3.87. The topological polar surface area (TPSA) is 64.7 Å². The normalized spacial score (nSPS) is 19.1. The Morgan fingerprint density at radius 1 is 1.38 bits per heavy atom. The lowest BCUT2D eigenvalue weighted by molar-refractivity contribution is 0.0113. The molecular weight excluding hydrogens is 266 g/mol. The molecule has 0 spiro atoms. The first-order valence-electron chi connectivity index (χ1n) is 7.97. The smallest absolute Gasteiger partial charge is 0.119 e. The predicted octanol–water partition coefficient (Wildman–Crippen LogP) is 2.58. The standard InChI is InChI=1S/C17H27NO3/c1-2-3-9-20-11-14(19)12-21-15-8-7-13-5-4-6-17(18)16(13)10-15/h7-8,10,14,17,19H,2-6,9,11-12,18H2,1H3/t14?,17-/m1/s1. The number of aliphatic hydroxyl groups excluding tert-OH is 1. The van der Waals surface area contributed by atoms with Crippen LogP contribution in [0.2, 0.25) is 0 Å². The summed E-state index contributed by atoms with van der Waals surface area (Å²) < 4.78 is 11.0. The Kier molecular flexibility index (Phi) is 6.49. The zero-order chi connectivity index (χ0) is 15.1. The van der Waals surface area contributed by atoms with Crippen LogP contribution in [0.1, 0.15) is 49.8 Å². The Balaban J connectivity index is 1.79. The van der Waals surface area contributed by atoms with E-state index in [1.54, 1.807) is 0 Å². The van der Waals surface area contributed by atoms with Crippen molar-refractivity contribution in [1.29, 1.82) is 0 Å². The van der Waals surface area contributed by atoms with Crippen LogP contribution in [0.25, 0.3) is 0 Å². The molecule has 1 aliphatic carbocycles. The van der Waals surface area contributed by atoms with Crippen LogP contribution in [0, 0.1) is 0 Å². The van der Waals surface area contributed by atoms with Crippen LogP contribution in [-0.2, 0) is 11.2 Å². The monoisotopic (exact) mass is 293 g/mol. The van der Waals surface area contributed by atoms with Gasteiger partial charge >= 0.3 is 0 Å². The average molecular weight is 293 g/mol. The molecule has 0 heterocycles. The molecule has 0 saturated carbocycles. The van der Waals surface area contributed by atoms with Crippen molar-refractivity contribution in [3.63, 3.8) is 0 Å². The quantitative estimate of drug-likeness (QED) is 0.723. The summed E-state index contributed by atoms with van der Waals surface area (Å²) in [5.74, 6) is 0.777. The summed E-state index contributed by atoms with van der Waals surface area (Å²) in [5.41, 5.74) is 8.65. The summed E-state index contributed by atoms with van der Waals surface area (Å²) in [5, 5.41) is 9.83. The molecule has 4 nitrogen and oxygen atoms in total. The molecule has 0 radical (unpaired) electrons. The molecule has 1 aromatic rings. The second-order valence-corrected chi connectivity index (χ2v) is 5.75. The van der Waals surface area contributed by atoms with Gasteiger partial charge in [0.15, 0.2) is 0 Å². The van der Waals surface area contributed by atoms with Crippen molar-refractivity contribution in [2.45, 2.75) is 51.2 Å². The van der Waals surface area contributed by atoms with Crippen molar-refractivity contribution in [3.8, 4) is 5.75 Å². The zero-order valence-electron chi connectivity index (χ0n) is 12.9. The van der Waals surface area contributed by atoms with Crippen molar-refractivity contribution < 1.29 is 14.6 Å². The van der Waals surface area contributed by atoms with Gasteiger partial charge in [0.2, 0.25) is 0 Å². The summed E-state index contributed by atoms with van der Waals surface area (Å²) in [6, 6.07) is 6.18. The lowest BCUT2D eigenvalue weighted by Crippen LogP contribution is -2.24. The second kappa shape index (κ2) is 8.37. The lowest BCUT2D eigenvalue weighted by Gasteiger charge is -2.23. The van der Waals surface area contributed by atoms with E-state index in [-0.39, 0.29) is 12.6 Å². The maximum Gasteiger partial charge on any atom is 0.119 e. The number of ether oxygens (including phenoxy) is 2. The molecule has 4 heteroatoms. The van der Waals surface area contributed by atoms with Gasteiger partial charge in [0.05, 0.1) is 6.61 Å². The first kappa shape index (κ1) is 16.3. The number of fused-ring (bicyclic) bond motifs is 1. The van der Waals surface area contributed by atoms with Gasteiger partial charge in [-0.2, -0.15) is 0 Å². The average Bonchev–Trinajstić information content (AvgIpc) is 2.50. The van der Waals surface area contributed by atoms with Crippen LogP contribution in [0.3, 0.4) is 0 Å². The molecule has 0 aliphatic heterocycles. The van der Waals surface area contributed by atoms with E-state index in [2.05, 4.69) is 13.0 Å². The Morgan fingerprint density at radius 3 is 3.05 bits per heavy atom. The second-order valence-electron chi connectivity index (χ2n) is 5.75. The predicted molar refractivity (Wildman–Crippen MR) is 83.5 cm³/mol. The van der Waals surface area contributed by atoms with Crippen molar-refractivity contribution >= 4 is 0 Å². The molecule has 21 heavy (non-hydrogen) atoms. The number of hydrogen-bond acceptors (Lipinski definition) is 4. The largest absolute Gasteiger partial charge is 0.491 e. The first-order valence-corrected chi connectivity index (χ1v) is 7.97. The maximum atomic E-state index is 9.83. The van der Waals surface area contributed by atoms with Crippen molar-refractivity contribution in [2.24, 2.45) is 5.73 Å². The van der Waals surface area contributed by atoms with E-state index in [4.69, 9.17) is 15.2 Å². The highest BCUT2D eigenvalue weighted by atomic mass is 16.5. The molecule has 1 aliphatic rings.